The Hall–Kier alpha value is -3.30. The highest BCUT2D eigenvalue weighted by molar-refractivity contribution is 5.91. The SMILES string of the molecule is Cn1ncnc1C1C2=CNC(=O)C=C3C2=C(CNN3F)CC1c1ccc(CN2CCC2)cc1. The second kappa shape index (κ2) is 7.93. The third-order valence-corrected chi connectivity index (χ3v) is 7.17. The number of hydrogen-bond acceptors (Lipinski definition) is 6. The minimum Gasteiger partial charge on any atom is -0.329 e. The van der Waals surface area contributed by atoms with E-state index in [1.54, 1.807) is 17.2 Å². The zero-order valence-corrected chi connectivity index (χ0v) is 18.5. The number of amides is 1. The summed E-state index contributed by atoms with van der Waals surface area (Å²) >= 11 is 0. The van der Waals surface area contributed by atoms with Crippen LogP contribution in [0.3, 0.4) is 0 Å². The van der Waals surface area contributed by atoms with Crippen LogP contribution >= 0.6 is 0 Å². The fourth-order valence-electron chi connectivity index (χ4n) is 5.39. The minimum absolute atomic E-state index is 0.0835. The molecule has 0 saturated carbocycles. The molecule has 1 aromatic heterocycles. The fraction of sp³-hybridized carbons (Fsp3) is 0.375. The summed E-state index contributed by atoms with van der Waals surface area (Å²) in [6.45, 7) is 3.71. The lowest BCUT2D eigenvalue weighted by Crippen LogP contribution is -2.41. The number of carbonyl (C=O) groups excluding carboxylic acids is 1. The van der Waals surface area contributed by atoms with Crippen molar-refractivity contribution in [2.45, 2.75) is 31.2 Å². The highest BCUT2D eigenvalue weighted by Gasteiger charge is 2.43. The lowest BCUT2D eigenvalue weighted by molar-refractivity contribution is -0.115. The summed E-state index contributed by atoms with van der Waals surface area (Å²) in [6, 6.07) is 8.84. The molecule has 33 heavy (non-hydrogen) atoms. The van der Waals surface area contributed by atoms with E-state index in [1.807, 2.05) is 7.05 Å². The largest absolute Gasteiger partial charge is 0.329 e. The molecule has 1 fully saturated rings. The van der Waals surface area contributed by atoms with Crippen LogP contribution in [0.25, 0.3) is 0 Å². The summed E-state index contributed by atoms with van der Waals surface area (Å²) in [7, 11) is 1.87. The van der Waals surface area contributed by atoms with Gasteiger partial charge in [-0.2, -0.15) is 5.10 Å². The standard InChI is InChI=1S/C24H26FN7O/c1-30-24(27-14-29-30)23-18(16-5-3-15(4-6-16)13-31-7-2-8-31)9-17-11-28-32(25)20-10-21(33)26-12-19(23)22(17)20/h3-6,10,12,14,18,23,28H,2,7-9,11,13H2,1H3,(H,26,33). The summed E-state index contributed by atoms with van der Waals surface area (Å²) < 4.78 is 16.5. The van der Waals surface area contributed by atoms with Crippen molar-refractivity contribution in [3.05, 3.63) is 82.2 Å². The Kier molecular flexibility index (Phi) is 4.88. The van der Waals surface area contributed by atoms with E-state index >= 15 is 0 Å². The molecule has 1 amide bonds. The van der Waals surface area contributed by atoms with Crippen molar-refractivity contribution in [1.29, 1.82) is 0 Å². The van der Waals surface area contributed by atoms with Crippen LogP contribution in [0.4, 0.5) is 4.48 Å². The zero-order valence-electron chi connectivity index (χ0n) is 18.5. The van der Waals surface area contributed by atoms with Gasteiger partial charge in [0.2, 0.25) is 5.91 Å². The average molecular weight is 448 g/mol. The number of aromatic nitrogens is 3. The van der Waals surface area contributed by atoms with Gasteiger partial charge >= 0.3 is 0 Å². The van der Waals surface area contributed by atoms with Crippen molar-refractivity contribution >= 4 is 5.91 Å². The van der Waals surface area contributed by atoms with E-state index in [9.17, 15) is 9.28 Å². The predicted octanol–water partition coefficient (Wildman–Crippen LogP) is 2.19. The summed E-state index contributed by atoms with van der Waals surface area (Å²) in [5.41, 5.74) is 8.25. The first-order chi connectivity index (χ1) is 16.1. The summed E-state index contributed by atoms with van der Waals surface area (Å²) in [5.74, 6) is 0.349. The molecule has 0 bridgehead atoms. The molecule has 0 radical (unpaired) electrons. The van der Waals surface area contributed by atoms with Crippen LogP contribution in [-0.2, 0) is 18.4 Å². The van der Waals surface area contributed by atoms with Crippen LogP contribution in [0, 0.1) is 0 Å². The van der Waals surface area contributed by atoms with Gasteiger partial charge in [0.1, 0.15) is 17.8 Å². The molecule has 4 aliphatic rings. The molecule has 9 heteroatoms. The van der Waals surface area contributed by atoms with Gasteiger partial charge in [0.25, 0.3) is 0 Å². The van der Waals surface area contributed by atoms with E-state index in [0.717, 1.165) is 35.5 Å². The van der Waals surface area contributed by atoms with Crippen LogP contribution in [0.1, 0.15) is 41.6 Å². The molecule has 2 aromatic rings. The van der Waals surface area contributed by atoms with Crippen molar-refractivity contribution in [3.8, 4) is 0 Å². The number of aryl methyl sites for hydroxylation is 1. The number of rotatable bonds is 4. The normalized spacial score (nSPS) is 25.0. The number of allylic oxidation sites excluding steroid dienone is 1. The summed E-state index contributed by atoms with van der Waals surface area (Å²) in [5, 5.41) is 7.57. The second-order valence-electron chi connectivity index (χ2n) is 9.13. The molecule has 6 rings (SSSR count). The third kappa shape index (κ3) is 3.48. The average Bonchev–Trinajstić information content (AvgIpc) is 3.12. The lowest BCUT2D eigenvalue weighted by atomic mass is 9.68. The maximum absolute atomic E-state index is 14.7. The lowest BCUT2D eigenvalue weighted by Gasteiger charge is -2.40. The molecule has 2 unspecified atom stereocenters. The smallest absolute Gasteiger partial charge is 0.250 e. The van der Waals surface area contributed by atoms with Gasteiger partial charge in [0, 0.05) is 43.9 Å². The first kappa shape index (κ1) is 20.3. The van der Waals surface area contributed by atoms with Gasteiger partial charge in [-0.1, -0.05) is 28.7 Å². The van der Waals surface area contributed by atoms with Crippen molar-refractivity contribution < 1.29 is 9.28 Å². The van der Waals surface area contributed by atoms with Crippen molar-refractivity contribution in [2.24, 2.45) is 7.05 Å². The quantitative estimate of drug-likeness (QED) is 0.700. The molecule has 8 nitrogen and oxygen atoms in total. The first-order valence-electron chi connectivity index (χ1n) is 11.4. The maximum Gasteiger partial charge on any atom is 0.250 e. The molecule has 1 aliphatic carbocycles. The molecular weight excluding hydrogens is 421 g/mol. The highest BCUT2D eigenvalue weighted by atomic mass is 19.2. The molecule has 1 saturated heterocycles. The summed E-state index contributed by atoms with van der Waals surface area (Å²) in [4.78, 5) is 19.3. The van der Waals surface area contributed by atoms with Gasteiger partial charge in [-0.25, -0.2) is 10.4 Å². The molecule has 0 spiro atoms. The van der Waals surface area contributed by atoms with E-state index in [2.05, 4.69) is 50.0 Å². The number of benzene rings is 1. The van der Waals surface area contributed by atoms with Gasteiger partial charge in [0.05, 0.1) is 5.92 Å². The number of halogens is 1. The maximum atomic E-state index is 14.7. The Morgan fingerprint density at radius 3 is 2.73 bits per heavy atom. The Bertz CT molecular complexity index is 1190. The zero-order chi connectivity index (χ0) is 22.5. The van der Waals surface area contributed by atoms with E-state index in [0.29, 0.717) is 11.8 Å². The van der Waals surface area contributed by atoms with E-state index < -0.39 is 0 Å². The molecule has 170 valence electrons. The number of carbonyl (C=O) groups is 1. The van der Waals surface area contributed by atoms with Gasteiger partial charge in [-0.15, -0.1) is 5.23 Å². The monoisotopic (exact) mass is 447 g/mol. The predicted molar refractivity (Wildman–Crippen MR) is 120 cm³/mol. The van der Waals surface area contributed by atoms with Crippen molar-refractivity contribution in [2.75, 3.05) is 19.6 Å². The van der Waals surface area contributed by atoms with Crippen LogP contribution in [0.15, 0.2) is 65.3 Å². The van der Waals surface area contributed by atoms with E-state index in [-0.39, 0.29) is 23.4 Å². The van der Waals surface area contributed by atoms with Crippen LogP contribution in [-0.4, -0.2) is 50.4 Å². The third-order valence-electron chi connectivity index (χ3n) is 7.17. The Labute approximate surface area is 191 Å². The van der Waals surface area contributed by atoms with Gasteiger partial charge in [-0.3, -0.25) is 14.4 Å². The number of hydrogen-bond donors (Lipinski definition) is 2. The van der Waals surface area contributed by atoms with Gasteiger partial charge < -0.3 is 5.32 Å². The Morgan fingerprint density at radius 2 is 2.03 bits per heavy atom. The van der Waals surface area contributed by atoms with Gasteiger partial charge in [0.15, 0.2) is 0 Å². The number of hydrazine groups is 1. The molecule has 3 aliphatic heterocycles. The number of likely N-dealkylation sites (tertiary alicyclic amines) is 1. The number of nitrogens with zero attached hydrogens (tertiary/aromatic N) is 5. The first-order valence-corrected chi connectivity index (χ1v) is 11.4. The van der Waals surface area contributed by atoms with E-state index in [1.165, 1.54) is 36.7 Å². The van der Waals surface area contributed by atoms with Crippen LogP contribution < -0.4 is 10.7 Å². The van der Waals surface area contributed by atoms with Crippen LogP contribution in [0.2, 0.25) is 0 Å². The van der Waals surface area contributed by atoms with Crippen molar-refractivity contribution in [3.63, 3.8) is 0 Å². The van der Waals surface area contributed by atoms with Crippen molar-refractivity contribution in [1.82, 2.24) is 35.6 Å². The second-order valence-corrected chi connectivity index (χ2v) is 9.13. The minimum atomic E-state index is -0.353. The topological polar surface area (TPSA) is 78.3 Å². The molecule has 2 atom stereocenters. The van der Waals surface area contributed by atoms with Gasteiger partial charge in [-0.05, 0) is 48.2 Å². The highest BCUT2D eigenvalue weighted by Crippen LogP contribution is 2.51. The van der Waals surface area contributed by atoms with Crippen LogP contribution in [0.5, 0.6) is 0 Å². The molecule has 1 aromatic carbocycles. The molecule has 2 N–H and O–H groups in total. The number of nitrogens with one attached hydrogen (secondary N) is 2. The Balaban J connectivity index is 1.45. The van der Waals surface area contributed by atoms with E-state index in [4.69, 9.17) is 0 Å². The molecular formula is C24H26FN7O. The fourth-order valence-corrected chi connectivity index (χ4v) is 5.39. The summed E-state index contributed by atoms with van der Waals surface area (Å²) in [6.07, 6.45) is 6.60. The Morgan fingerprint density at radius 1 is 1.21 bits per heavy atom. The molecule has 4 heterocycles.